The first-order valence-corrected chi connectivity index (χ1v) is 10.7. The summed E-state index contributed by atoms with van der Waals surface area (Å²) in [6, 6.07) is 7.30. The molecule has 2 aliphatic heterocycles. The zero-order valence-corrected chi connectivity index (χ0v) is 17.6. The Kier molecular flexibility index (Phi) is 5.63. The highest BCUT2D eigenvalue weighted by Gasteiger charge is 2.29. The van der Waals surface area contributed by atoms with Gasteiger partial charge in [-0.05, 0) is 25.1 Å². The van der Waals surface area contributed by atoms with Crippen LogP contribution in [0.3, 0.4) is 0 Å². The number of hydrogen-bond donors (Lipinski definition) is 0. The Balaban J connectivity index is 1.40. The lowest BCUT2D eigenvalue weighted by Crippen LogP contribution is -2.43. The molecule has 1 unspecified atom stereocenters. The van der Waals surface area contributed by atoms with E-state index in [0.717, 1.165) is 55.4 Å². The van der Waals surface area contributed by atoms with Crippen molar-refractivity contribution in [3.05, 3.63) is 59.3 Å². The number of aryl methyl sites for hydroxylation is 1. The minimum atomic E-state index is -0.276. The Morgan fingerprint density at radius 3 is 2.77 bits per heavy atom. The van der Waals surface area contributed by atoms with Crippen LogP contribution in [0.4, 0.5) is 0 Å². The van der Waals surface area contributed by atoms with E-state index in [4.69, 9.17) is 14.6 Å². The molecular weight excluding hydrogens is 396 g/mol. The van der Waals surface area contributed by atoms with Crippen LogP contribution in [0.2, 0.25) is 0 Å². The van der Waals surface area contributed by atoms with Crippen LogP contribution in [0.1, 0.15) is 33.5 Å². The Morgan fingerprint density at radius 2 is 1.97 bits per heavy atom. The van der Waals surface area contributed by atoms with Crippen molar-refractivity contribution in [1.82, 2.24) is 29.4 Å². The molecule has 0 saturated carbocycles. The van der Waals surface area contributed by atoms with E-state index >= 15 is 0 Å². The van der Waals surface area contributed by atoms with Crippen LogP contribution in [0.15, 0.2) is 36.7 Å². The summed E-state index contributed by atoms with van der Waals surface area (Å²) >= 11 is 0. The molecule has 1 amide bonds. The van der Waals surface area contributed by atoms with Crippen LogP contribution in [0, 0.1) is 6.92 Å². The summed E-state index contributed by atoms with van der Waals surface area (Å²) in [6.07, 6.45) is 3.17. The molecule has 5 heterocycles. The summed E-state index contributed by atoms with van der Waals surface area (Å²) < 4.78 is 13.4. The van der Waals surface area contributed by atoms with E-state index in [-0.39, 0.29) is 12.0 Å². The molecule has 9 heteroatoms. The summed E-state index contributed by atoms with van der Waals surface area (Å²) in [6.45, 7) is 7.61. The molecule has 0 bridgehead atoms. The van der Waals surface area contributed by atoms with Crippen molar-refractivity contribution in [1.29, 1.82) is 0 Å². The number of amides is 1. The maximum atomic E-state index is 12.9. The number of carbonyl (C=O) groups is 1. The number of hydrogen-bond acceptors (Lipinski definition) is 7. The smallest absolute Gasteiger partial charge is 0.272 e. The van der Waals surface area contributed by atoms with E-state index < -0.39 is 0 Å². The van der Waals surface area contributed by atoms with Crippen LogP contribution >= 0.6 is 0 Å². The van der Waals surface area contributed by atoms with Gasteiger partial charge in [0.1, 0.15) is 11.8 Å². The normalized spacial score (nSPS) is 20.3. The van der Waals surface area contributed by atoms with Gasteiger partial charge in [0.2, 0.25) is 0 Å². The highest BCUT2D eigenvalue weighted by molar-refractivity contribution is 5.92. The predicted octanol–water partition coefficient (Wildman–Crippen LogP) is 1.48. The molecule has 0 N–H and O–H groups in total. The highest BCUT2D eigenvalue weighted by atomic mass is 16.5. The van der Waals surface area contributed by atoms with Gasteiger partial charge in [-0.25, -0.2) is 9.50 Å². The number of rotatable bonds is 4. The minimum absolute atomic E-state index is 0.0798. The highest BCUT2D eigenvalue weighted by Crippen LogP contribution is 2.26. The SMILES string of the molecule is Cc1nn2c(C3CN(C(=O)c4ccccn4)CCO3)ccnc2c1CN1CCOCC1. The van der Waals surface area contributed by atoms with Crippen molar-refractivity contribution in [2.75, 3.05) is 46.0 Å². The molecule has 2 saturated heterocycles. The van der Waals surface area contributed by atoms with Gasteiger partial charge in [0, 0.05) is 44.1 Å². The summed E-state index contributed by atoms with van der Waals surface area (Å²) in [7, 11) is 0. The summed E-state index contributed by atoms with van der Waals surface area (Å²) in [5.41, 5.74) is 4.29. The number of ether oxygens (including phenoxy) is 2. The number of carbonyl (C=O) groups excluding carboxylic acids is 1. The van der Waals surface area contributed by atoms with Crippen molar-refractivity contribution in [2.45, 2.75) is 19.6 Å². The van der Waals surface area contributed by atoms with E-state index in [0.29, 0.717) is 25.4 Å². The second-order valence-electron chi connectivity index (χ2n) is 7.88. The van der Waals surface area contributed by atoms with Gasteiger partial charge in [-0.1, -0.05) is 6.07 Å². The lowest BCUT2D eigenvalue weighted by atomic mass is 10.1. The Bertz CT molecular complexity index is 1060. The third kappa shape index (κ3) is 4.04. The zero-order valence-electron chi connectivity index (χ0n) is 17.6. The zero-order chi connectivity index (χ0) is 21.2. The van der Waals surface area contributed by atoms with Gasteiger partial charge in [-0.15, -0.1) is 0 Å². The van der Waals surface area contributed by atoms with Gasteiger partial charge in [0.05, 0.1) is 37.8 Å². The predicted molar refractivity (Wildman–Crippen MR) is 113 cm³/mol. The molecule has 9 nitrogen and oxygen atoms in total. The van der Waals surface area contributed by atoms with E-state index in [1.807, 2.05) is 23.6 Å². The molecule has 0 aliphatic carbocycles. The van der Waals surface area contributed by atoms with Crippen LogP contribution < -0.4 is 0 Å². The molecule has 3 aromatic heterocycles. The van der Waals surface area contributed by atoms with E-state index in [1.54, 1.807) is 29.4 Å². The van der Waals surface area contributed by atoms with Gasteiger partial charge in [0.15, 0.2) is 5.65 Å². The van der Waals surface area contributed by atoms with Crippen molar-refractivity contribution >= 4 is 11.6 Å². The number of pyridine rings is 1. The van der Waals surface area contributed by atoms with Crippen LogP contribution in [0.5, 0.6) is 0 Å². The molecule has 0 spiro atoms. The molecule has 31 heavy (non-hydrogen) atoms. The second kappa shape index (κ2) is 8.70. The quantitative estimate of drug-likeness (QED) is 0.630. The third-order valence-electron chi connectivity index (χ3n) is 5.90. The molecule has 2 aliphatic rings. The van der Waals surface area contributed by atoms with E-state index in [2.05, 4.69) is 14.9 Å². The topological polar surface area (TPSA) is 85.1 Å². The van der Waals surface area contributed by atoms with Crippen molar-refractivity contribution in [2.24, 2.45) is 0 Å². The molecule has 5 rings (SSSR count). The first-order valence-electron chi connectivity index (χ1n) is 10.7. The van der Waals surface area contributed by atoms with Gasteiger partial charge >= 0.3 is 0 Å². The molecular formula is C22H26N6O3. The number of morpholine rings is 2. The summed E-state index contributed by atoms with van der Waals surface area (Å²) in [4.78, 5) is 25.9. The van der Waals surface area contributed by atoms with Crippen molar-refractivity contribution in [3.63, 3.8) is 0 Å². The minimum Gasteiger partial charge on any atom is -0.379 e. The first-order chi connectivity index (χ1) is 15.2. The fraction of sp³-hybridized carbons (Fsp3) is 0.455. The fourth-order valence-corrected chi connectivity index (χ4v) is 4.19. The molecule has 2 fully saturated rings. The average Bonchev–Trinajstić information content (AvgIpc) is 3.15. The molecule has 0 radical (unpaired) electrons. The van der Waals surface area contributed by atoms with E-state index in [1.165, 1.54) is 0 Å². The van der Waals surface area contributed by atoms with Crippen molar-refractivity contribution in [3.8, 4) is 0 Å². The number of nitrogens with zero attached hydrogens (tertiary/aromatic N) is 6. The van der Waals surface area contributed by atoms with E-state index in [9.17, 15) is 4.79 Å². The largest absolute Gasteiger partial charge is 0.379 e. The van der Waals surface area contributed by atoms with Gasteiger partial charge in [-0.2, -0.15) is 5.10 Å². The number of fused-ring (bicyclic) bond motifs is 1. The molecule has 1 atom stereocenters. The summed E-state index contributed by atoms with van der Waals surface area (Å²) in [5, 5.41) is 4.78. The fourth-order valence-electron chi connectivity index (χ4n) is 4.19. The Morgan fingerprint density at radius 1 is 1.10 bits per heavy atom. The lowest BCUT2D eigenvalue weighted by molar-refractivity contribution is -0.0258. The Labute approximate surface area is 180 Å². The summed E-state index contributed by atoms with van der Waals surface area (Å²) in [5.74, 6) is -0.0798. The lowest BCUT2D eigenvalue weighted by Gasteiger charge is -2.33. The standard InChI is InChI=1S/C22H26N6O3/c1-16-17(14-26-8-11-30-12-9-26)21-24-7-5-19(28(21)25-16)20-15-27(10-13-31-20)22(29)18-4-2-3-6-23-18/h2-7,20H,8-15H2,1H3. The second-order valence-corrected chi connectivity index (χ2v) is 7.88. The molecule has 0 aromatic carbocycles. The molecule has 3 aromatic rings. The average molecular weight is 422 g/mol. The van der Waals surface area contributed by atoms with Gasteiger partial charge in [-0.3, -0.25) is 14.7 Å². The van der Waals surface area contributed by atoms with Gasteiger partial charge < -0.3 is 14.4 Å². The van der Waals surface area contributed by atoms with Gasteiger partial charge in [0.25, 0.3) is 5.91 Å². The van der Waals surface area contributed by atoms with Crippen LogP contribution in [-0.4, -0.2) is 81.3 Å². The third-order valence-corrected chi connectivity index (χ3v) is 5.90. The Hall–Kier alpha value is -2.88. The van der Waals surface area contributed by atoms with Crippen LogP contribution in [0.25, 0.3) is 5.65 Å². The maximum Gasteiger partial charge on any atom is 0.272 e. The first kappa shape index (κ1) is 20.0. The maximum absolute atomic E-state index is 12.9. The van der Waals surface area contributed by atoms with Crippen LogP contribution in [-0.2, 0) is 16.0 Å². The number of aromatic nitrogens is 4. The van der Waals surface area contributed by atoms with Crippen molar-refractivity contribution < 1.29 is 14.3 Å². The monoisotopic (exact) mass is 422 g/mol. The molecule has 162 valence electrons.